The lowest BCUT2D eigenvalue weighted by Gasteiger charge is -2.26. The average molecular weight is 380 g/mol. The zero-order valence-electron chi connectivity index (χ0n) is 14.1. The Morgan fingerprint density at radius 2 is 1.93 bits per heavy atom. The van der Waals surface area contributed by atoms with Gasteiger partial charge in [-0.2, -0.15) is 0 Å². The Bertz CT molecular complexity index is 1030. The highest BCUT2D eigenvalue weighted by atomic mass is 35.5. The van der Waals surface area contributed by atoms with E-state index in [1.807, 2.05) is 6.07 Å². The summed E-state index contributed by atoms with van der Waals surface area (Å²) in [4.78, 5) is 28.9. The molecule has 1 aromatic heterocycles. The number of rotatable bonds is 3. The summed E-state index contributed by atoms with van der Waals surface area (Å²) in [5, 5.41) is 11.4. The van der Waals surface area contributed by atoms with E-state index >= 15 is 0 Å². The average Bonchev–Trinajstić information content (AvgIpc) is 2.68. The Kier molecular flexibility index (Phi) is 4.38. The highest BCUT2D eigenvalue weighted by Gasteiger charge is 2.33. The molecule has 3 aromatic rings. The molecular weight excluding hydrogens is 366 g/mol. The Hall–Kier alpha value is -3.18. The second-order valence-electron chi connectivity index (χ2n) is 6.23. The van der Waals surface area contributed by atoms with Crippen molar-refractivity contribution in [3.8, 4) is 11.5 Å². The van der Waals surface area contributed by atoms with Crippen LogP contribution in [0.1, 0.15) is 39.4 Å². The molecule has 1 N–H and O–H groups in total. The van der Waals surface area contributed by atoms with E-state index in [1.54, 1.807) is 48.8 Å². The van der Waals surface area contributed by atoms with Crippen molar-refractivity contribution in [2.24, 2.45) is 0 Å². The van der Waals surface area contributed by atoms with Gasteiger partial charge in [0, 0.05) is 34.5 Å². The summed E-state index contributed by atoms with van der Waals surface area (Å²) < 4.78 is 5.27. The topological polar surface area (TPSA) is 76.5 Å². The van der Waals surface area contributed by atoms with Crippen molar-refractivity contribution in [1.82, 2.24) is 4.98 Å². The monoisotopic (exact) mass is 379 g/mol. The molecule has 6 heteroatoms. The molecule has 134 valence electrons. The van der Waals surface area contributed by atoms with Crippen LogP contribution in [-0.4, -0.2) is 21.8 Å². The molecular formula is C21H14ClNO4. The highest BCUT2D eigenvalue weighted by molar-refractivity contribution is 6.30. The molecule has 1 aliphatic rings. The lowest BCUT2D eigenvalue weighted by atomic mass is 9.84. The van der Waals surface area contributed by atoms with Crippen LogP contribution in [0.5, 0.6) is 11.5 Å². The van der Waals surface area contributed by atoms with Gasteiger partial charge in [0.1, 0.15) is 11.5 Å². The van der Waals surface area contributed by atoms with Crippen LogP contribution in [0.25, 0.3) is 0 Å². The van der Waals surface area contributed by atoms with Crippen LogP contribution in [0.2, 0.25) is 5.02 Å². The SMILES string of the molecule is O=C1C[C@H](c2cccnc2)c2c(ccc(C(=O)c3ccc(Cl)cc3)c2O)O1. The van der Waals surface area contributed by atoms with Crippen molar-refractivity contribution in [3.63, 3.8) is 0 Å². The van der Waals surface area contributed by atoms with E-state index in [4.69, 9.17) is 16.3 Å². The first-order chi connectivity index (χ1) is 13.0. The summed E-state index contributed by atoms with van der Waals surface area (Å²) in [5.74, 6) is -1.10. The second-order valence-corrected chi connectivity index (χ2v) is 6.66. The van der Waals surface area contributed by atoms with Crippen LogP contribution in [0, 0.1) is 0 Å². The summed E-state index contributed by atoms with van der Waals surface area (Å²) in [6.45, 7) is 0. The van der Waals surface area contributed by atoms with Gasteiger partial charge < -0.3 is 9.84 Å². The van der Waals surface area contributed by atoms with Gasteiger partial charge in [-0.05, 0) is 48.0 Å². The van der Waals surface area contributed by atoms with Crippen molar-refractivity contribution >= 4 is 23.4 Å². The first-order valence-corrected chi connectivity index (χ1v) is 8.69. The van der Waals surface area contributed by atoms with Gasteiger partial charge >= 0.3 is 5.97 Å². The van der Waals surface area contributed by atoms with Gasteiger partial charge in [-0.15, -0.1) is 0 Å². The minimum Gasteiger partial charge on any atom is -0.507 e. The minimum atomic E-state index is -0.437. The number of phenolic OH excluding ortho intramolecular Hbond substituents is 1. The molecule has 2 aromatic carbocycles. The maximum absolute atomic E-state index is 12.8. The van der Waals surface area contributed by atoms with E-state index in [-0.39, 0.29) is 29.3 Å². The lowest BCUT2D eigenvalue weighted by molar-refractivity contribution is -0.135. The highest BCUT2D eigenvalue weighted by Crippen LogP contribution is 2.45. The molecule has 4 rings (SSSR count). The fourth-order valence-electron chi connectivity index (χ4n) is 3.25. The number of hydrogen-bond donors (Lipinski definition) is 1. The first-order valence-electron chi connectivity index (χ1n) is 8.31. The molecule has 27 heavy (non-hydrogen) atoms. The Morgan fingerprint density at radius 3 is 2.63 bits per heavy atom. The number of nitrogens with zero attached hydrogens (tertiary/aromatic N) is 1. The van der Waals surface area contributed by atoms with Crippen LogP contribution >= 0.6 is 11.6 Å². The maximum atomic E-state index is 12.8. The molecule has 0 saturated heterocycles. The molecule has 0 aliphatic carbocycles. The molecule has 0 bridgehead atoms. The van der Waals surface area contributed by atoms with Crippen molar-refractivity contribution in [2.45, 2.75) is 12.3 Å². The Morgan fingerprint density at radius 1 is 1.15 bits per heavy atom. The normalized spacial score (nSPS) is 15.7. The van der Waals surface area contributed by atoms with Crippen molar-refractivity contribution < 1.29 is 19.4 Å². The minimum absolute atomic E-state index is 0.0604. The van der Waals surface area contributed by atoms with Crippen LogP contribution in [-0.2, 0) is 4.79 Å². The fourth-order valence-corrected chi connectivity index (χ4v) is 3.38. The van der Waals surface area contributed by atoms with Crippen molar-refractivity contribution in [1.29, 1.82) is 0 Å². The summed E-state index contributed by atoms with van der Waals surface area (Å²) in [6, 6.07) is 13.0. The van der Waals surface area contributed by atoms with E-state index in [9.17, 15) is 14.7 Å². The number of halogens is 1. The third-order valence-electron chi connectivity index (χ3n) is 4.56. The van der Waals surface area contributed by atoms with Crippen LogP contribution in [0.3, 0.4) is 0 Å². The smallest absolute Gasteiger partial charge is 0.312 e. The molecule has 0 fully saturated rings. The van der Waals surface area contributed by atoms with Gasteiger partial charge in [0.05, 0.1) is 12.0 Å². The molecule has 0 unspecified atom stereocenters. The summed E-state index contributed by atoms with van der Waals surface area (Å²) in [6.07, 6.45) is 3.33. The largest absolute Gasteiger partial charge is 0.507 e. The second kappa shape index (κ2) is 6.85. The number of esters is 1. The summed E-state index contributed by atoms with van der Waals surface area (Å²) in [7, 11) is 0. The Labute approximate surface area is 160 Å². The van der Waals surface area contributed by atoms with Crippen molar-refractivity contribution in [3.05, 3.63) is 88.2 Å². The van der Waals surface area contributed by atoms with E-state index in [2.05, 4.69) is 4.98 Å². The lowest BCUT2D eigenvalue weighted by Crippen LogP contribution is -2.22. The number of benzene rings is 2. The molecule has 0 saturated carbocycles. The maximum Gasteiger partial charge on any atom is 0.312 e. The zero-order valence-corrected chi connectivity index (χ0v) is 14.8. The summed E-state index contributed by atoms with van der Waals surface area (Å²) in [5.41, 5.74) is 1.73. The molecule has 0 amide bonds. The number of fused-ring (bicyclic) bond motifs is 1. The predicted molar refractivity (Wildman–Crippen MR) is 99.3 cm³/mol. The van der Waals surface area contributed by atoms with E-state index < -0.39 is 11.9 Å². The zero-order chi connectivity index (χ0) is 19.0. The number of carbonyl (C=O) groups excluding carboxylic acids is 2. The number of ether oxygens (including phenoxy) is 1. The van der Waals surface area contributed by atoms with Crippen molar-refractivity contribution in [2.75, 3.05) is 0 Å². The molecule has 0 radical (unpaired) electrons. The van der Waals surface area contributed by atoms with Gasteiger partial charge in [-0.25, -0.2) is 0 Å². The molecule has 0 spiro atoms. The first kappa shape index (κ1) is 17.2. The molecule has 5 nitrogen and oxygen atoms in total. The number of carbonyl (C=O) groups is 2. The van der Waals surface area contributed by atoms with Gasteiger partial charge in [0.25, 0.3) is 0 Å². The number of hydrogen-bond acceptors (Lipinski definition) is 5. The number of aromatic nitrogens is 1. The molecule has 2 heterocycles. The Balaban J connectivity index is 1.83. The number of pyridine rings is 1. The van der Waals surface area contributed by atoms with Gasteiger partial charge in [0.15, 0.2) is 5.78 Å². The molecule has 1 atom stereocenters. The van der Waals surface area contributed by atoms with Crippen LogP contribution < -0.4 is 4.74 Å². The van der Waals surface area contributed by atoms with Gasteiger partial charge in [-0.1, -0.05) is 17.7 Å². The van der Waals surface area contributed by atoms with Crippen LogP contribution in [0.4, 0.5) is 0 Å². The van der Waals surface area contributed by atoms with Gasteiger partial charge in [-0.3, -0.25) is 14.6 Å². The van der Waals surface area contributed by atoms with E-state index in [0.29, 0.717) is 16.1 Å². The summed E-state index contributed by atoms with van der Waals surface area (Å²) >= 11 is 5.87. The fraction of sp³-hybridized carbons (Fsp3) is 0.0952. The number of phenols is 1. The number of ketones is 1. The van der Waals surface area contributed by atoms with Gasteiger partial charge in [0.2, 0.25) is 0 Å². The molecule has 1 aliphatic heterocycles. The standard InChI is InChI=1S/C21H14ClNO4/c22-14-5-3-12(4-6-14)20(25)15-7-8-17-19(21(15)26)16(10-18(24)27-17)13-2-1-9-23-11-13/h1-9,11,16,26H,10H2/t16-/m1/s1. The van der Waals surface area contributed by atoms with E-state index in [1.165, 1.54) is 6.07 Å². The third kappa shape index (κ3) is 3.17. The number of aromatic hydroxyl groups is 1. The quantitative estimate of drug-likeness (QED) is 0.421. The van der Waals surface area contributed by atoms with Crippen LogP contribution in [0.15, 0.2) is 60.9 Å². The third-order valence-corrected chi connectivity index (χ3v) is 4.81. The predicted octanol–water partition coefficient (Wildman–Crippen LogP) is 4.11. The van der Waals surface area contributed by atoms with E-state index in [0.717, 1.165) is 5.56 Å².